The largest absolute Gasteiger partial charge is 0.465 e. The average Bonchev–Trinajstić information content (AvgIpc) is 2.48. The standard InChI is InChI=1S/C18H17FO3/c1-21-18(20)14-7-10-17(16(19)11-14)22-15-8-5-13(6-9-15)12-3-2-4-12/h5-12H,2-4H2,1H3. The van der Waals surface area contributed by atoms with Gasteiger partial charge in [-0.2, -0.15) is 0 Å². The molecule has 22 heavy (non-hydrogen) atoms. The molecule has 1 aliphatic carbocycles. The highest BCUT2D eigenvalue weighted by Gasteiger charge is 2.19. The number of halogens is 1. The van der Waals surface area contributed by atoms with Gasteiger partial charge in [0.2, 0.25) is 0 Å². The van der Waals surface area contributed by atoms with E-state index in [0.717, 1.165) is 6.07 Å². The second-order valence-corrected chi connectivity index (χ2v) is 5.44. The maximum absolute atomic E-state index is 14.0. The van der Waals surface area contributed by atoms with Crippen LogP contribution in [0.2, 0.25) is 0 Å². The summed E-state index contributed by atoms with van der Waals surface area (Å²) in [6.07, 6.45) is 3.77. The zero-order valence-electron chi connectivity index (χ0n) is 12.3. The number of hydrogen-bond donors (Lipinski definition) is 0. The van der Waals surface area contributed by atoms with E-state index in [0.29, 0.717) is 11.7 Å². The van der Waals surface area contributed by atoms with Gasteiger partial charge in [-0.05, 0) is 54.7 Å². The molecule has 0 aromatic heterocycles. The fraction of sp³-hybridized carbons (Fsp3) is 0.278. The van der Waals surface area contributed by atoms with Crippen LogP contribution in [0.3, 0.4) is 0 Å². The van der Waals surface area contributed by atoms with Crippen LogP contribution >= 0.6 is 0 Å². The Labute approximate surface area is 128 Å². The molecule has 3 nitrogen and oxygen atoms in total. The highest BCUT2D eigenvalue weighted by atomic mass is 19.1. The van der Waals surface area contributed by atoms with Crippen molar-refractivity contribution in [2.45, 2.75) is 25.2 Å². The van der Waals surface area contributed by atoms with Crippen LogP contribution in [0.5, 0.6) is 11.5 Å². The van der Waals surface area contributed by atoms with Gasteiger partial charge in [0, 0.05) is 0 Å². The van der Waals surface area contributed by atoms with Crippen LogP contribution in [0.25, 0.3) is 0 Å². The molecule has 2 aromatic carbocycles. The third-order valence-corrected chi connectivity index (χ3v) is 4.04. The molecule has 0 atom stereocenters. The minimum absolute atomic E-state index is 0.0871. The van der Waals surface area contributed by atoms with Crippen molar-refractivity contribution in [1.29, 1.82) is 0 Å². The van der Waals surface area contributed by atoms with Crippen molar-refractivity contribution < 1.29 is 18.7 Å². The fourth-order valence-corrected chi connectivity index (χ4v) is 2.51. The van der Waals surface area contributed by atoms with Crippen molar-refractivity contribution in [2.75, 3.05) is 7.11 Å². The van der Waals surface area contributed by atoms with Crippen LogP contribution < -0.4 is 4.74 Å². The lowest BCUT2D eigenvalue weighted by Gasteiger charge is -2.25. The lowest BCUT2D eigenvalue weighted by atomic mass is 9.80. The predicted molar refractivity (Wildman–Crippen MR) is 80.8 cm³/mol. The molecular weight excluding hydrogens is 283 g/mol. The first-order chi connectivity index (χ1) is 10.7. The summed E-state index contributed by atoms with van der Waals surface area (Å²) >= 11 is 0. The molecular formula is C18H17FO3. The monoisotopic (exact) mass is 300 g/mol. The van der Waals surface area contributed by atoms with Crippen molar-refractivity contribution in [3.05, 3.63) is 59.4 Å². The Morgan fingerprint density at radius 1 is 1.14 bits per heavy atom. The molecule has 0 unspecified atom stereocenters. The molecule has 0 heterocycles. The highest BCUT2D eigenvalue weighted by Crippen LogP contribution is 2.37. The Morgan fingerprint density at radius 2 is 1.86 bits per heavy atom. The zero-order valence-corrected chi connectivity index (χ0v) is 12.3. The number of carbonyl (C=O) groups excluding carboxylic acids is 1. The first kappa shape index (κ1) is 14.6. The molecule has 0 spiro atoms. The van der Waals surface area contributed by atoms with E-state index in [1.54, 1.807) is 0 Å². The Bertz CT molecular complexity index is 675. The molecule has 2 aromatic rings. The van der Waals surface area contributed by atoms with Gasteiger partial charge in [0.25, 0.3) is 0 Å². The molecule has 0 saturated heterocycles. The van der Waals surface area contributed by atoms with Crippen molar-refractivity contribution in [2.24, 2.45) is 0 Å². The number of rotatable bonds is 4. The summed E-state index contributed by atoms with van der Waals surface area (Å²) in [5.41, 5.74) is 1.47. The van der Waals surface area contributed by atoms with E-state index < -0.39 is 11.8 Å². The molecule has 0 bridgehead atoms. The number of esters is 1. The number of hydrogen-bond acceptors (Lipinski definition) is 3. The van der Waals surface area contributed by atoms with E-state index in [1.807, 2.05) is 24.3 Å². The van der Waals surface area contributed by atoms with Gasteiger partial charge in [0.05, 0.1) is 12.7 Å². The van der Waals surface area contributed by atoms with Gasteiger partial charge in [-0.15, -0.1) is 0 Å². The van der Waals surface area contributed by atoms with Gasteiger partial charge in [-0.25, -0.2) is 9.18 Å². The van der Waals surface area contributed by atoms with Crippen molar-refractivity contribution in [1.82, 2.24) is 0 Å². The first-order valence-electron chi connectivity index (χ1n) is 7.33. The van der Waals surface area contributed by atoms with Crippen LogP contribution in [-0.4, -0.2) is 13.1 Å². The van der Waals surface area contributed by atoms with E-state index in [9.17, 15) is 9.18 Å². The molecule has 0 N–H and O–H groups in total. The molecule has 114 valence electrons. The number of carbonyl (C=O) groups is 1. The van der Waals surface area contributed by atoms with Gasteiger partial charge in [-0.1, -0.05) is 18.6 Å². The summed E-state index contributed by atoms with van der Waals surface area (Å²) < 4.78 is 24.1. The number of benzene rings is 2. The predicted octanol–water partition coefficient (Wildman–Crippen LogP) is 4.67. The normalized spacial score (nSPS) is 14.3. The van der Waals surface area contributed by atoms with E-state index in [4.69, 9.17) is 4.74 Å². The van der Waals surface area contributed by atoms with Crippen molar-refractivity contribution >= 4 is 5.97 Å². The summed E-state index contributed by atoms with van der Waals surface area (Å²) in [4.78, 5) is 11.3. The second kappa shape index (κ2) is 6.18. The molecule has 1 aliphatic rings. The van der Waals surface area contributed by atoms with Crippen LogP contribution in [0, 0.1) is 5.82 Å². The lowest BCUT2D eigenvalue weighted by molar-refractivity contribution is 0.0600. The van der Waals surface area contributed by atoms with Gasteiger partial charge >= 0.3 is 5.97 Å². The fourth-order valence-electron chi connectivity index (χ4n) is 2.51. The van der Waals surface area contributed by atoms with E-state index in [2.05, 4.69) is 4.74 Å². The summed E-state index contributed by atoms with van der Waals surface area (Å²) in [5, 5.41) is 0. The quantitative estimate of drug-likeness (QED) is 0.770. The summed E-state index contributed by atoms with van der Waals surface area (Å²) in [6, 6.07) is 11.8. The third-order valence-electron chi connectivity index (χ3n) is 4.04. The second-order valence-electron chi connectivity index (χ2n) is 5.44. The maximum Gasteiger partial charge on any atom is 0.337 e. The highest BCUT2D eigenvalue weighted by molar-refractivity contribution is 5.89. The molecule has 0 aliphatic heterocycles. The van der Waals surface area contributed by atoms with Crippen LogP contribution in [0.1, 0.15) is 41.1 Å². The number of ether oxygens (including phenoxy) is 2. The SMILES string of the molecule is COC(=O)c1ccc(Oc2ccc(C3CCC3)cc2)c(F)c1. The van der Waals surface area contributed by atoms with Crippen molar-refractivity contribution in [3.8, 4) is 11.5 Å². The Balaban J connectivity index is 1.73. The zero-order chi connectivity index (χ0) is 15.5. The molecule has 1 fully saturated rings. The van der Waals surface area contributed by atoms with Gasteiger partial charge in [0.15, 0.2) is 11.6 Å². The first-order valence-corrected chi connectivity index (χ1v) is 7.33. The summed E-state index contributed by atoms with van der Waals surface area (Å²) in [6.45, 7) is 0. The Kier molecular flexibility index (Phi) is 4.09. The average molecular weight is 300 g/mol. The summed E-state index contributed by atoms with van der Waals surface area (Å²) in [5.74, 6) is 0.156. The smallest absolute Gasteiger partial charge is 0.337 e. The van der Waals surface area contributed by atoms with E-state index in [-0.39, 0.29) is 11.3 Å². The number of methoxy groups -OCH3 is 1. The summed E-state index contributed by atoms with van der Waals surface area (Å²) in [7, 11) is 1.26. The van der Waals surface area contributed by atoms with Gasteiger partial charge in [-0.3, -0.25) is 0 Å². The van der Waals surface area contributed by atoms with Gasteiger partial charge in [0.1, 0.15) is 5.75 Å². The van der Waals surface area contributed by atoms with Crippen molar-refractivity contribution in [3.63, 3.8) is 0 Å². The third kappa shape index (κ3) is 2.96. The van der Waals surface area contributed by atoms with E-state index >= 15 is 0 Å². The van der Waals surface area contributed by atoms with Crippen LogP contribution in [-0.2, 0) is 4.74 Å². The molecule has 4 heteroatoms. The van der Waals surface area contributed by atoms with E-state index in [1.165, 1.54) is 44.1 Å². The molecule has 0 radical (unpaired) electrons. The van der Waals surface area contributed by atoms with Gasteiger partial charge < -0.3 is 9.47 Å². The maximum atomic E-state index is 14.0. The van der Waals surface area contributed by atoms with Crippen LogP contribution in [0.4, 0.5) is 4.39 Å². The Morgan fingerprint density at radius 3 is 2.41 bits per heavy atom. The molecule has 1 saturated carbocycles. The Hall–Kier alpha value is -2.36. The topological polar surface area (TPSA) is 35.5 Å². The minimum Gasteiger partial charge on any atom is -0.465 e. The molecule has 0 amide bonds. The van der Waals surface area contributed by atoms with Crippen LogP contribution in [0.15, 0.2) is 42.5 Å². The minimum atomic E-state index is -0.592. The lowest BCUT2D eigenvalue weighted by Crippen LogP contribution is -2.08. The molecule has 3 rings (SSSR count).